The number of carbonyl (C=O) groups is 2. The highest BCUT2D eigenvalue weighted by molar-refractivity contribution is 6.08. The first kappa shape index (κ1) is 24.8. The second kappa shape index (κ2) is 9.54. The lowest BCUT2D eigenvalue weighted by Gasteiger charge is -2.42. The highest BCUT2D eigenvalue weighted by atomic mass is 19.2. The molecular weight excluding hydrogens is 467 g/mol. The Balaban J connectivity index is 1.24. The molecule has 1 unspecified atom stereocenters. The summed E-state index contributed by atoms with van der Waals surface area (Å²) in [5, 5.41) is 0. The molecule has 3 aliphatic rings. The second-order valence-corrected chi connectivity index (χ2v) is 10.8. The number of fused-ring (bicyclic) bond motifs is 2. The van der Waals surface area contributed by atoms with Crippen LogP contribution in [0.1, 0.15) is 49.7 Å². The van der Waals surface area contributed by atoms with Gasteiger partial charge in [0.15, 0.2) is 11.6 Å². The van der Waals surface area contributed by atoms with Gasteiger partial charge in [-0.1, -0.05) is 30.3 Å². The summed E-state index contributed by atoms with van der Waals surface area (Å²) in [6.45, 7) is 0.457. The standard InChI is InChI=1S/C28H32F3N3O2/c1-33(16-17-5-3-2-4-6-17)26(35)28(9-10-28)27(36)34-20-7-8-21(34)12-19(11-20)25(32)14-18-13-23(30)24(31)15-22(18)29/h2-6,13,15,19-21,25H,7-12,14,16,32H2,1H3/t19?,20-,21+,25-/m1/s1. The largest absolute Gasteiger partial charge is 0.340 e. The van der Waals surface area contributed by atoms with Gasteiger partial charge in [0.05, 0.1) is 0 Å². The molecule has 2 aromatic rings. The zero-order valence-corrected chi connectivity index (χ0v) is 20.4. The van der Waals surface area contributed by atoms with Crippen molar-refractivity contribution in [2.75, 3.05) is 7.05 Å². The molecule has 0 spiro atoms. The van der Waals surface area contributed by atoms with Crippen LogP contribution in [0.25, 0.3) is 0 Å². The van der Waals surface area contributed by atoms with Crippen LogP contribution in [0, 0.1) is 28.8 Å². The molecule has 0 aromatic heterocycles. The Morgan fingerprint density at radius 3 is 2.25 bits per heavy atom. The number of benzene rings is 2. The van der Waals surface area contributed by atoms with Crippen LogP contribution >= 0.6 is 0 Å². The minimum absolute atomic E-state index is 0.00759. The van der Waals surface area contributed by atoms with Gasteiger partial charge in [0.25, 0.3) is 0 Å². The van der Waals surface area contributed by atoms with E-state index in [9.17, 15) is 22.8 Å². The van der Waals surface area contributed by atoms with Crippen LogP contribution in [0.5, 0.6) is 0 Å². The molecule has 8 heteroatoms. The van der Waals surface area contributed by atoms with Crippen molar-refractivity contribution in [3.63, 3.8) is 0 Å². The van der Waals surface area contributed by atoms with Crippen LogP contribution in [0.15, 0.2) is 42.5 Å². The van der Waals surface area contributed by atoms with Crippen LogP contribution in [0.2, 0.25) is 0 Å². The van der Waals surface area contributed by atoms with E-state index in [2.05, 4.69) is 0 Å². The molecule has 3 fully saturated rings. The Bertz CT molecular complexity index is 1140. The van der Waals surface area contributed by atoms with Gasteiger partial charge in [0.2, 0.25) is 11.8 Å². The molecule has 5 nitrogen and oxygen atoms in total. The van der Waals surface area contributed by atoms with Gasteiger partial charge >= 0.3 is 0 Å². The molecule has 1 saturated carbocycles. The van der Waals surface area contributed by atoms with Crippen molar-refractivity contribution in [3.05, 3.63) is 71.0 Å². The Morgan fingerprint density at radius 2 is 1.64 bits per heavy atom. The number of nitrogens with zero attached hydrogens (tertiary/aromatic N) is 2. The minimum Gasteiger partial charge on any atom is -0.340 e. The van der Waals surface area contributed by atoms with Gasteiger partial charge in [-0.05, 0) is 68.1 Å². The number of rotatable bonds is 7. The molecule has 36 heavy (non-hydrogen) atoms. The third-order valence-corrected chi connectivity index (χ3v) is 8.33. The Morgan fingerprint density at radius 1 is 1.03 bits per heavy atom. The fourth-order valence-electron chi connectivity index (χ4n) is 6.23. The fraction of sp³-hybridized carbons (Fsp3) is 0.500. The van der Waals surface area contributed by atoms with E-state index in [4.69, 9.17) is 5.73 Å². The number of amides is 2. The molecule has 2 heterocycles. The summed E-state index contributed by atoms with van der Waals surface area (Å²) in [5.41, 5.74) is 6.54. The molecular formula is C28H32F3N3O2. The number of nitrogens with two attached hydrogens (primary N) is 1. The van der Waals surface area contributed by atoms with Gasteiger partial charge in [-0.25, -0.2) is 13.2 Å². The van der Waals surface area contributed by atoms with Gasteiger partial charge in [-0.15, -0.1) is 0 Å². The summed E-state index contributed by atoms with van der Waals surface area (Å²) in [6.07, 6.45) is 4.27. The number of hydrogen-bond acceptors (Lipinski definition) is 3. The molecule has 2 saturated heterocycles. The highest BCUT2D eigenvalue weighted by Crippen LogP contribution is 2.52. The summed E-state index contributed by atoms with van der Waals surface area (Å²) in [4.78, 5) is 30.7. The van der Waals surface area contributed by atoms with Crippen molar-refractivity contribution in [3.8, 4) is 0 Å². The minimum atomic E-state index is -1.22. The van der Waals surface area contributed by atoms with Crippen LogP contribution in [-0.2, 0) is 22.6 Å². The van der Waals surface area contributed by atoms with E-state index in [0.29, 0.717) is 38.3 Å². The first-order valence-electron chi connectivity index (χ1n) is 12.7. The van der Waals surface area contributed by atoms with E-state index in [-0.39, 0.29) is 41.8 Å². The predicted molar refractivity (Wildman–Crippen MR) is 129 cm³/mol. The average Bonchev–Trinajstić information content (AvgIpc) is 3.62. The fourth-order valence-corrected chi connectivity index (χ4v) is 6.23. The zero-order chi connectivity index (χ0) is 25.6. The molecule has 2 bridgehead atoms. The van der Waals surface area contributed by atoms with Gasteiger partial charge in [-0.2, -0.15) is 0 Å². The summed E-state index contributed by atoms with van der Waals surface area (Å²) < 4.78 is 41.1. The van der Waals surface area contributed by atoms with Crippen molar-refractivity contribution in [2.24, 2.45) is 17.1 Å². The van der Waals surface area contributed by atoms with Gasteiger partial charge in [0.1, 0.15) is 11.2 Å². The van der Waals surface area contributed by atoms with E-state index >= 15 is 0 Å². The molecule has 192 valence electrons. The quantitative estimate of drug-likeness (QED) is 0.459. The van der Waals surface area contributed by atoms with Gasteiger partial charge in [-0.3, -0.25) is 9.59 Å². The first-order valence-corrected chi connectivity index (χ1v) is 12.7. The Kier molecular flexibility index (Phi) is 6.57. The lowest BCUT2D eigenvalue weighted by atomic mass is 9.82. The molecule has 2 aromatic carbocycles. The van der Waals surface area contributed by atoms with Crippen LogP contribution in [-0.4, -0.2) is 46.8 Å². The van der Waals surface area contributed by atoms with Gasteiger partial charge in [0, 0.05) is 37.8 Å². The monoisotopic (exact) mass is 499 g/mol. The van der Waals surface area contributed by atoms with Crippen molar-refractivity contribution in [2.45, 2.75) is 69.6 Å². The average molecular weight is 500 g/mol. The highest BCUT2D eigenvalue weighted by Gasteiger charge is 2.61. The van der Waals surface area contributed by atoms with E-state index in [1.54, 1.807) is 11.9 Å². The molecule has 5 rings (SSSR count). The third kappa shape index (κ3) is 4.51. The van der Waals surface area contributed by atoms with E-state index in [0.717, 1.165) is 24.5 Å². The van der Waals surface area contributed by atoms with Crippen molar-refractivity contribution < 1.29 is 22.8 Å². The molecule has 2 N–H and O–H groups in total. The smallest absolute Gasteiger partial charge is 0.238 e. The molecule has 2 aliphatic heterocycles. The lowest BCUT2D eigenvalue weighted by Crippen LogP contribution is -2.54. The maximum Gasteiger partial charge on any atom is 0.238 e. The number of carbonyl (C=O) groups excluding carboxylic acids is 2. The third-order valence-electron chi connectivity index (χ3n) is 8.33. The maximum absolute atomic E-state index is 14.2. The van der Waals surface area contributed by atoms with Crippen LogP contribution in [0.4, 0.5) is 13.2 Å². The number of piperidine rings is 1. The van der Waals surface area contributed by atoms with Crippen LogP contribution < -0.4 is 5.73 Å². The Hall–Kier alpha value is -2.87. The van der Waals surface area contributed by atoms with E-state index in [1.807, 2.05) is 35.2 Å². The molecule has 4 atom stereocenters. The van der Waals surface area contributed by atoms with E-state index in [1.165, 1.54) is 0 Å². The van der Waals surface area contributed by atoms with Crippen LogP contribution in [0.3, 0.4) is 0 Å². The topological polar surface area (TPSA) is 66.6 Å². The molecule has 1 aliphatic carbocycles. The normalized spacial score (nSPS) is 24.9. The lowest BCUT2D eigenvalue weighted by molar-refractivity contribution is -0.152. The molecule has 2 amide bonds. The summed E-state index contributed by atoms with van der Waals surface area (Å²) >= 11 is 0. The second-order valence-electron chi connectivity index (χ2n) is 10.8. The predicted octanol–water partition coefficient (Wildman–Crippen LogP) is 4.18. The summed E-state index contributed by atoms with van der Waals surface area (Å²) in [5.74, 6) is -3.26. The number of halogens is 3. The van der Waals surface area contributed by atoms with Crippen molar-refractivity contribution in [1.29, 1.82) is 0 Å². The SMILES string of the molecule is CN(Cc1ccccc1)C(=O)C1(C(=O)N2[C@@H]3CC[C@H]2CC([C@H](N)Cc2cc(F)c(F)cc2F)C3)CC1. The van der Waals surface area contributed by atoms with Crippen molar-refractivity contribution in [1.82, 2.24) is 9.80 Å². The summed E-state index contributed by atoms with van der Waals surface area (Å²) in [7, 11) is 1.75. The first-order chi connectivity index (χ1) is 17.2. The maximum atomic E-state index is 14.2. The van der Waals surface area contributed by atoms with Gasteiger partial charge < -0.3 is 15.5 Å². The summed E-state index contributed by atoms with van der Waals surface area (Å²) in [6, 6.07) is 10.7. The Labute approximate surface area is 209 Å². The number of hydrogen-bond donors (Lipinski definition) is 1. The molecule has 0 radical (unpaired) electrons. The zero-order valence-electron chi connectivity index (χ0n) is 20.4. The van der Waals surface area contributed by atoms with Crippen molar-refractivity contribution >= 4 is 11.8 Å². The van der Waals surface area contributed by atoms with E-state index < -0.39 is 28.9 Å².